The largest absolute Gasteiger partial charge is 0.380 e. The van der Waals surface area contributed by atoms with Crippen molar-refractivity contribution < 1.29 is 14.1 Å². The van der Waals surface area contributed by atoms with E-state index in [1.807, 2.05) is 20.2 Å². The molecule has 2 aromatic rings. The molecule has 1 amide bonds. The van der Waals surface area contributed by atoms with Crippen molar-refractivity contribution in [2.45, 2.75) is 32.5 Å². The van der Waals surface area contributed by atoms with E-state index in [2.05, 4.69) is 20.5 Å². The van der Waals surface area contributed by atoms with Gasteiger partial charge in [0, 0.05) is 57.7 Å². The van der Waals surface area contributed by atoms with Crippen LogP contribution in [0.1, 0.15) is 33.7 Å². The molecule has 24 heavy (non-hydrogen) atoms. The van der Waals surface area contributed by atoms with Crippen molar-refractivity contribution in [2.75, 3.05) is 20.2 Å². The van der Waals surface area contributed by atoms with Crippen molar-refractivity contribution in [3.05, 3.63) is 35.0 Å². The molecule has 1 atom stereocenters. The van der Waals surface area contributed by atoms with Crippen LogP contribution in [0.15, 0.2) is 17.0 Å². The number of rotatable bonds is 6. The van der Waals surface area contributed by atoms with Crippen LogP contribution in [0.2, 0.25) is 0 Å². The first kappa shape index (κ1) is 16.7. The fraction of sp³-hybridized carbons (Fsp3) is 0.562. The van der Waals surface area contributed by atoms with E-state index in [9.17, 15) is 4.79 Å². The summed E-state index contributed by atoms with van der Waals surface area (Å²) in [6, 6.07) is 0. The molecule has 3 heterocycles. The number of likely N-dealkylation sites (tertiary alicyclic amines) is 1. The highest BCUT2D eigenvalue weighted by molar-refractivity contribution is 5.93. The summed E-state index contributed by atoms with van der Waals surface area (Å²) in [5.74, 6) is -0.186. The van der Waals surface area contributed by atoms with Crippen LogP contribution >= 0.6 is 0 Å². The fourth-order valence-corrected chi connectivity index (χ4v) is 2.96. The highest BCUT2D eigenvalue weighted by Gasteiger charge is 2.25. The molecule has 1 unspecified atom stereocenters. The number of carbonyl (C=O) groups excluding carboxylic acids is 1. The number of nitrogens with one attached hydrogen (secondary N) is 1. The molecule has 0 aromatic carbocycles. The van der Waals surface area contributed by atoms with Crippen molar-refractivity contribution in [3.63, 3.8) is 0 Å². The van der Waals surface area contributed by atoms with Crippen LogP contribution in [-0.4, -0.2) is 52.0 Å². The number of hydrogen-bond acceptors (Lipinski definition) is 6. The second kappa shape index (κ2) is 7.14. The summed E-state index contributed by atoms with van der Waals surface area (Å²) in [5, 5.41) is 11.0. The Morgan fingerprint density at radius 2 is 2.33 bits per heavy atom. The zero-order valence-electron chi connectivity index (χ0n) is 14.3. The monoisotopic (exact) mass is 333 g/mol. The predicted octanol–water partition coefficient (Wildman–Crippen LogP) is 0.867. The van der Waals surface area contributed by atoms with Gasteiger partial charge in [0.05, 0.1) is 11.8 Å². The van der Waals surface area contributed by atoms with Gasteiger partial charge in [-0.05, 0) is 13.3 Å². The Hall–Kier alpha value is -2.19. The van der Waals surface area contributed by atoms with E-state index >= 15 is 0 Å². The molecule has 8 heteroatoms. The van der Waals surface area contributed by atoms with Gasteiger partial charge in [-0.1, -0.05) is 5.16 Å². The van der Waals surface area contributed by atoms with Crippen molar-refractivity contribution in [2.24, 2.45) is 7.05 Å². The van der Waals surface area contributed by atoms with Gasteiger partial charge in [-0.25, -0.2) is 0 Å². The van der Waals surface area contributed by atoms with Crippen molar-refractivity contribution >= 4 is 5.91 Å². The number of nitrogens with zero attached hydrogens (tertiary/aromatic N) is 4. The lowest BCUT2D eigenvalue weighted by Gasteiger charge is -2.15. The SMILES string of the molecule is COC1CCN(Cc2cn(C)nc2C(=O)NCc2conc2C)C1. The van der Waals surface area contributed by atoms with E-state index in [0.717, 1.165) is 36.3 Å². The Kier molecular flexibility index (Phi) is 4.96. The second-order valence-electron chi connectivity index (χ2n) is 6.17. The molecule has 0 saturated carbocycles. The van der Waals surface area contributed by atoms with E-state index in [4.69, 9.17) is 9.26 Å². The van der Waals surface area contributed by atoms with Crippen LogP contribution in [0, 0.1) is 6.92 Å². The van der Waals surface area contributed by atoms with E-state index in [0.29, 0.717) is 18.8 Å². The van der Waals surface area contributed by atoms with E-state index in [1.54, 1.807) is 18.1 Å². The van der Waals surface area contributed by atoms with Gasteiger partial charge in [0.2, 0.25) is 0 Å². The Labute approximate surface area is 140 Å². The van der Waals surface area contributed by atoms with Gasteiger partial charge in [0.25, 0.3) is 5.91 Å². The van der Waals surface area contributed by atoms with Gasteiger partial charge in [-0.2, -0.15) is 5.10 Å². The third-order valence-electron chi connectivity index (χ3n) is 4.36. The number of carbonyl (C=O) groups is 1. The maximum atomic E-state index is 12.5. The molecule has 130 valence electrons. The minimum absolute atomic E-state index is 0.186. The number of hydrogen-bond donors (Lipinski definition) is 1. The Bertz CT molecular complexity index is 708. The summed E-state index contributed by atoms with van der Waals surface area (Å²) >= 11 is 0. The van der Waals surface area contributed by atoms with Gasteiger partial charge in [0.1, 0.15) is 6.26 Å². The van der Waals surface area contributed by atoms with E-state index in [1.165, 1.54) is 0 Å². The van der Waals surface area contributed by atoms with Crippen LogP contribution in [0.4, 0.5) is 0 Å². The first-order valence-corrected chi connectivity index (χ1v) is 8.02. The smallest absolute Gasteiger partial charge is 0.272 e. The second-order valence-corrected chi connectivity index (χ2v) is 6.17. The fourth-order valence-electron chi connectivity index (χ4n) is 2.96. The maximum Gasteiger partial charge on any atom is 0.272 e. The van der Waals surface area contributed by atoms with E-state index < -0.39 is 0 Å². The van der Waals surface area contributed by atoms with Crippen LogP contribution in [-0.2, 0) is 24.9 Å². The third-order valence-corrected chi connectivity index (χ3v) is 4.36. The molecule has 1 aliphatic heterocycles. The molecular formula is C16H23N5O3. The molecule has 0 aliphatic carbocycles. The molecule has 0 spiro atoms. The molecule has 8 nitrogen and oxygen atoms in total. The van der Waals surface area contributed by atoms with Gasteiger partial charge in [0.15, 0.2) is 5.69 Å². The van der Waals surface area contributed by atoms with Crippen LogP contribution < -0.4 is 5.32 Å². The molecular weight excluding hydrogens is 310 g/mol. The normalized spacial score (nSPS) is 18.2. The number of amides is 1. The zero-order valence-corrected chi connectivity index (χ0v) is 14.3. The van der Waals surface area contributed by atoms with Crippen molar-refractivity contribution in [1.29, 1.82) is 0 Å². The van der Waals surface area contributed by atoms with Crippen LogP contribution in [0.25, 0.3) is 0 Å². The summed E-state index contributed by atoms with van der Waals surface area (Å²) in [6.45, 7) is 4.76. The molecule has 1 saturated heterocycles. The van der Waals surface area contributed by atoms with Crippen LogP contribution in [0.5, 0.6) is 0 Å². The lowest BCUT2D eigenvalue weighted by atomic mass is 10.2. The third kappa shape index (κ3) is 3.65. The summed E-state index contributed by atoms with van der Waals surface area (Å²) in [7, 11) is 3.57. The molecule has 1 fully saturated rings. The molecule has 1 N–H and O–H groups in total. The lowest BCUT2D eigenvalue weighted by Crippen LogP contribution is -2.27. The highest BCUT2D eigenvalue weighted by atomic mass is 16.5. The zero-order chi connectivity index (χ0) is 17.1. The van der Waals surface area contributed by atoms with Gasteiger partial charge in [-0.3, -0.25) is 14.4 Å². The quantitative estimate of drug-likeness (QED) is 0.844. The molecule has 2 aromatic heterocycles. The standard InChI is InChI=1S/C16H23N5O3/c1-11-12(10-24-19-11)6-17-16(22)15-13(7-20(2)18-15)8-21-5-4-14(9-21)23-3/h7,10,14H,4-6,8-9H2,1-3H3,(H,17,22). The average molecular weight is 333 g/mol. The Morgan fingerprint density at radius 1 is 1.50 bits per heavy atom. The lowest BCUT2D eigenvalue weighted by molar-refractivity contribution is 0.0942. The highest BCUT2D eigenvalue weighted by Crippen LogP contribution is 2.17. The molecule has 0 radical (unpaired) electrons. The van der Waals surface area contributed by atoms with Gasteiger partial charge < -0.3 is 14.6 Å². The summed E-state index contributed by atoms with van der Waals surface area (Å²) in [6.07, 6.45) is 4.74. The number of aryl methyl sites for hydroxylation is 2. The summed E-state index contributed by atoms with van der Waals surface area (Å²) in [4.78, 5) is 14.8. The minimum Gasteiger partial charge on any atom is -0.380 e. The minimum atomic E-state index is -0.186. The van der Waals surface area contributed by atoms with Gasteiger partial charge >= 0.3 is 0 Å². The number of methoxy groups -OCH3 is 1. The maximum absolute atomic E-state index is 12.5. The van der Waals surface area contributed by atoms with E-state index in [-0.39, 0.29) is 12.0 Å². The number of aromatic nitrogens is 3. The topological polar surface area (TPSA) is 85.4 Å². The molecule has 1 aliphatic rings. The first-order chi connectivity index (χ1) is 11.6. The van der Waals surface area contributed by atoms with Crippen molar-refractivity contribution in [1.82, 2.24) is 25.2 Å². The van der Waals surface area contributed by atoms with Crippen LogP contribution in [0.3, 0.4) is 0 Å². The molecule has 3 rings (SSSR count). The predicted molar refractivity (Wildman–Crippen MR) is 86.3 cm³/mol. The average Bonchev–Trinajstić information content (AvgIpc) is 3.26. The number of ether oxygens (including phenoxy) is 1. The Balaban J connectivity index is 1.65. The summed E-state index contributed by atoms with van der Waals surface area (Å²) < 4.78 is 12.0. The summed E-state index contributed by atoms with van der Waals surface area (Å²) in [5.41, 5.74) is 3.03. The molecule has 0 bridgehead atoms. The van der Waals surface area contributed by atoms with Crippen molar-refractivity contribution in [3.8, 4) is 0 Å². The van der Waals surface area contributed by atoms with Gasteiger partial charge in [-0.15, -0.1) is 0 Å². The first-order valence-electron chi connectivity index (χ1n) is 8.02. The Morgan fingerprint density at radius 3 is 3.00 bits per heavy atom.